The Morgan fingerprint density at radius 1 is 1.14 bits per heavy atom. The van der Waals surface area contributed by atoms with E-state index in [1.165, 1.54) is 6.07 Å². The van der Waals surface area contributed by atoms with Crippen LogP contribution in [0.15, 0.2) is 33.7 Å². The third kappa shape index (κ3) is 2.50. The zero-order valence-corrected chi connectivity index (χ0v) is 10.5. The fraction of sp³-hybridized carbons (Fsp3) is 0.0833. The van der Waals surface area contributed by atoms with Crippen LogP contribution in [0, 0.1) is 5.82 Å². The molecule has 22 heavy (non-hydrogen) atoms. The molecule has 2 N–H and O–H groups in total. The van der Waals surface area contributed by atoms with Crippen molar-refractivity contribution < 1.29 is 22.2 Å². The van der Waals surface area contributed by atoms with E-state index >= 15 is 0 Å². The molecule has 10 heteroatoms. The topological polar surface area (TPSA) is 83.8 Å². The van der Waals surface area contributed by atoms with E-state index in [1.807, 2.05) is 0 Å². The van der Waals surface area contributed by atoms with Gasteiger partial charge in [0.15, 0.2) is 5.52 Å². The molecule has 3 rings (SSSR count). The minimum Gasteiger partial charge on any atom is -0.349 e. The van der Waals surface area contributed by atoms with Crippen LogP contribution in [0.1, 0.15) is 5.56 Å². The zero-order valence-electron chi connectivity index (χ0n) is 10.5. The largest absolute Gasteiger partial charge is 0.416 e. The first kappa shape index (κ1) is 14.0. The quantitative estimate of drug-likeness (QED) is 0.711. The Bertz CT molecular complexity index is 900. The van der Waals surface area contributed by atoms with Crippen LogP contribution in [-0.2, 0) is 6.18 Å². The molecule has 3 aromatic rings. The van der Waals surface area contributed by atoms with E-state index < -0.39 is 28.8 Å². The number of halogens is 4. The molecule has 0 aliphatic heterocycles. The minimum atomic E-state index is -4.63. The second-order valence-corrected chi connectivity index (χ2v) is 4.33. The normalized spacial score (nSPS) is 11.8. The maximum absolute atomic E-state index is 13.6. The van der Waals surface area contributed by atoms with Gasteiger partial charge in [-0.25, -0.2) is 9.02 Å². The van der Waals surface area contributed by atoms with Crippen LogP contribution < -0.4 is 10.9 Å². The van der Waals surface area contributed by atoms with Crippen LogP contribution in [0.3, 0.4) is 0 Å². The van der Waals surface area contributed by atoms with Gasteiger partial charge in [0.25, 0.3) is 5.56 Å². The number of aromatic amines is 1. The van der Waals surface area contributed by atoms with E-state index in [0.717, 1.165) is 0 Å². The summed E-state index contributed by atoms with van der Waals surface area (Å²) >= 11 is 0. The Hall–Kier alpha value is -2.91. The summed E-state index contributed by atoms with van der Waals surface area (Å²) in [5.41, 5.74) is -2.20. The fourth-order valence-corrected chi connectivity index (χ4v) is 1.79. The number of alkyl halides is 3. The van der Waals surface area contributed by atoms with Crippen molar-refractivity contribution in [2.45, 2.75) is 6.18 Å². The van der Waals surface area contributed by atoms with Gasteiger partial charge in [-0.05, 0) is 28.5 Å². The number of nitrogens with zero attached hydrogens (tertiary/aromatic N) is 2. The number of fused-ring (bicyclic) bond motifs is 1. The maximum atomic E-state index is 13.6. The smallest absolute Gasteiger partial charge is 0.349 e. The summed E-state index contributed by atoms with van der Waals surface area (Å²) in [6.45, 7) is 0. The average molecular weight is 314 g/mol. The summed E-state index contributed by atoms with van der Waals surface area (Å²) in [7, 11) is 0. The highest BCUT2D eigenvalue weighted by molar-refractivity contribution is 5.75. The van der Waals surface area contributed by atoms with Crippen molar-refractivity contribution in [1.82, 2.24) is 15.3 Å². The molecule has 0 aliphatic carbocycles. The predicted octanol–water partition coefficient (Wildman–Crippen LogP) is 2.81. The SMILES string of the molecule is O=c1[nH]c2nonc2cc1Nc1cc(C(F)(F)F)ccc1F. The van der Waals surface area contributed by atoms with Crippen LogP contribution in [0.2, 0.25) is 0 Å². The van der Waals surface area contributed by atoms with Gasteiger partial charge in [-0.1, -0.05) is 0 Å². The Kier molecular flexibility index (Phi) is 3.08. The molecule has 0 atom stereocenters. The van der Waals surface area contributed by atoms with E-state index in [4.69, 9.17) is 0 Å². The first-order valence-corrected chi connectivity index (χ1v) is 5.84. The summed E-state index contributed by atoms with van der Waals surface area (Å²) in [6.07, 6.45) is -4.63. The van der Waals surface area contributed by atoms with E-state index in [-0.39, 0.29) is 16.9 Å². The highest BCUT2D eigenvalue weighted by Gasteiger charge is 2.31. The van der Waals surface area contributed by atoms with Crippen LogP contribution in [0.25, 0.3) is 11.2 Å². The second-order valence-electron chi connectivity index (χ2n) is 4.33. The van der Waals surface area contributed by atoms with Crippen LogP contribution in [0.5, 0.6) is 0 Å². The number of benzene rings is 1. The van der Waals surface area contributed by atoms with Gasteiger partial charge in [-0.15, -0.1) is 0 Å². The lowest BCUT2D eigenvalue weighted by atomic mass is 10.2. The third-order valence-corrected chi connectivity index (χ3v) is 2.83. The van der Waals surface area contributed by atoms with E-state index in [0.29, 0.717) is 18.2 Å². The lowest BCUT2D eigenvalue weighted by Gasteiger charge is -2.11. The molecule has 0 saturated carbocycles. The van der Waals surface area contributed by atoms with Crippen molar-refractivity contribution in [2.75, 3.05) is 5.32 Å². The predicted molar refractivity (Wildman–Crippen MR) is 67.1 cm³/mol. The molecular weight excluding hydrogens is 308 g/mol. The molecule has 0 fully saturated rings. The van der Waals surface area contributed by atoms with Crippen molar-refractivity contribution in [2.24, 2.45) is 0 Å². The van der Waals surface area contributed by atoms with Gasteiger partial charge in [0.2, 0.25) is 5.65 Å². The molecule has 2 aromatic heterocycles. The number of anilines is 2. The number of nitrogens with one attached hydrogen (secondary N) is 2. The lowest BCUT2D eigenvalue weighted by Crippen LogP contribution is -2.13. The number of hydrogen-bond donors (Lipinski definition) is 2. The minimum absolute atomic E-state index is 0.0695. The average Bonchev–Trinajstić information content (AvgIpc) is 2.87. The molecular formula is C12H6F4N4O2. The summed E-state index contributed by atoms with van der Waals surface area (Å²) < 4.78 is 55.9. The van der Waals surface area contributed by atoms with E-state index in [9.17, 15) is 22.4 Å². The molecule has 0 radical (unpaired) electrons. The molecule has 2 heterocycles. The van der Waals surface area contributed by atoms with Crippen LogP contribution >= 0.6 is 0 Å². The van der Waals surface area contributed by atoms with Gasteiger partial charge < -0.3 is 10.3 Å². The molecule has 0 spiro atoms. The Labute approximate surface area is 118 Å². The van der Waals surface area contributed by atoms with Crippen LogP contribution in [-0.4, -0.2) is 15.3 Å². The van der Waals surface area contributed by atoms with Crippen molar-refractivity contribution in [3.05, 3.63) is 46.0 Å². The monoisotopic (exact) mass is 314 g/mol. The highest BCUT2D eigenvalue weighted by Crippen LogP contribution is 2.32. The summed E-state index contributed by atoms with van der Waals surface area (Å²) in [5, 5.41) is 9.18. The lowest BCUT2D eigenvalue weighted by molar-refractivity contribution is -0.137. The first-order chi connectivity index (χ1) is 10.3. The molecule has 0 unspecified atom stereocenters. The van der Waals surface area contributed by atoms with Crippen molar-refractivity contribution in [3.63, 3.8) is 0 Å². The van der Waals surface area contributed by atoms with Crippen molar-refractivity contribution in [3.8, 4) is 0 Å². The first-order valence-electron chi connectivity index (χ1n) is 5.84. The molecule has 0 saturated heterocycles. The van der Waals surface area contributed by atoms with Crippen molar-refractivity contribution in [1.29, 1.82) is 0 Å². The summed E-state index contributed by atoms with van der Waals surface area (Å²) in [4.78, 5) is 14.0. The zero-order chi connectivity index (χ0) is 15.9. The standard InChI is InChI=1S/C12H6F4N4O2/c13-6-2-1-5(12(14,15)16)3-7(6)17-9-4-8-10(18-11(9)21)20-22-19-8/h1-4,17H,(H,18,20,21). The number of pyridine rings is 1. The van der Waals surface area contributed by atoms with Crippen LogP contribution in [0.4, 0.5) is 28.9 Å². The summed E-state index contributed by atoms with van der Waals surface area (Å²) in [6, 6.07) is 3.02. The molecule has 1 aromatic carbocycles. The van der Waals surface area contributed by atoms with E-state index in [2.05, 4.69) is 25.2 Å². The molecule has 0 bridgehead atoms. The second kappa shape index (κ2) is 4.83. The fourth-order valence-electron chi connectivity index (χ4n) is 1.79. The van der Waals surface area contributed by atoms with Gasteiger partial charge in [0.05, 0.1) is 11.3 Å². The molecule has 0 aliphatic rings. The number of hydrogen-bond acceptors (Lipinski definition) is 5. The van der Waals surface area contributed by atoms with Gasteiger partial charge >= 0.3 is 6.18 Å². The van der Waals surface area contributed by atoms with Crippen molar-refractivity contribution >= 4 is 22.5 Å². The molecule has 6 nitrogen and oxygen atoms in total. The maximum Gasteiger partial charge on any atom is 0.416 e. The molecule has 114 valence electrons. The molecule has 0 amide bonds. The third-order valence-electron chi connectivity index (χ3n) is 2.83. The van der Waals surface area contributed by atoms with Gasteiger partial charge in [-0.3, -0.25) is 4.79 Å². The van der Waals surface area contributed by atoms with Gasteiger partial charge in [0, 0.05) is 6.07 Å². The number of rotatable bonds is 2. The Morgan fingerprint density at radius 2 is 1.91 bits per heavy atom. The Morgan fingerprint density at radius 3 is 2.64 bits per heavy atom. The summed E-state index contributed by atoms with van der Waals surface area (Å²) in [5.74, 6) is -0.939. The van der Waals surface area contributed by atoms with E-state index in [1.54, 1.807) is 0 Å². The Balaban J connectivity index is 2.04. The highest BCUT2D eigenvalue weighted by atomic mass is 19.4. The van der Waals surface area contributed by atoms with Gasteiger partial charge in [-0.2, -0.15) is 13.2 Å². The number of aromatic nitrogens is 3. The van der Waals surface area contributed by atoms with Gasteiger partial charge in [0.1, 0.15) is 11.5 Å². The number of H-pyrrole nitrogens is 1.